The number of aliphatic carboxylic acids is 1. The van der Waals surface area contributed by atoms with Gasteiger partial charge in [0.1, 0.15) is 16.7 Å². The Labute approximate surface area is 114 Å². The second-order valence-corrected chi connectivity index (χ2v) is 5.14. The van der Waals surface area contributed by atoms with Gasteiger partial charge in [0, 0.05) is 20.1 Å². The maximum atomic E-state index is 12.4. The Morgan fingerprint density at radius 2 is 2.21 bits per heavy atom. The molecule has 7 heteroatoms. The minimum atomic E-state index is -1.01. The first-order valence-electron chi connectivity index (χ1n) is 5.76. The summed E-state index contributed by atoms with van der Waals surface area (Å²) in [5.74, 6) is -0.859. The quantitative estimate of drug-likeness (QED) is 0.895. The number of carbonyl (C=O) groups excluding carboxylic acids is 1. The van der Waals surface area contributed by atoms with Gasteiger partial charge in [0.05, 0.1) is 13.2 Å². The van der Waals surface area contributed by atoms with Crippen LogP contribution in [0, 0.1) is 0 Å². The molecule has 2 heterocycles. The lowest BCUT2D eigenvalue weighted by Crippen LogP contribution is -2.40. The number of rotatable bonds is 4. The topological polar surface area (TPSA) is 76.1 Å². The summed E-state index contributed by atoms with van der Waals surface area (Å²) >= 11 is 1.24. The van der Waals surface area contributed by atoms with Crippen LogP contribution >= 0.6 is 11.3 Å². The zero-order chi connectivity index (χ0) is 14.0. The van der Waals surface area contributed by atoms with Crippen molar-refractivity contribution < 1.29 is 24.2 Å². The van der Waals surface area contributed by atoms with Crippen LogP contribution in [0.25, 0.3) is 0 Å². The molecule has 0 radical (unpaired) electrons. The van der Waals surface area contributed by atoms with Crippen LogP contribution in [-0.4, -0.2) is 54.8 Å². The average Bonchev–Trinajstić information content (AvgIpc) is 3.03. The third kappa shape index (κ3) is 2.57. The van der Waals surface area contributed by atoms with Crippen LogP contribution in [0.15, 0.2) is 11.4 Å². The number of thiophene rings is 1. The molecule has 1 fully saturated rings. The van der Waals surface area contributed by atoms with Gasteiger partial charge in [-0.1, -0.05) is 0 Å². The minimum Gasteiger partial charge on any atom is -0.495 e. The Morgan fingerprint density at radius 3 is 2.79 bits per heavy atom. The highest BCUT2D eigenvalue weighted by molar-refractivity contribution is 7.12. The van der Waals surface area contributed by atoms with E-state index in [9.17, 15) is 14.7 Å². The molecule has 1 saturated heterocycles. The number of carboxylic acids is 1. The van der Waals surface area contributed by atoms with Crippen molar-refractivity contribution in [1.82, 2.24) is 4.90 Å². The summed E-state index contributed by atoms with van der Waals surface area (Å²) < 4.78 is 10.3. The van der Waals surface area contributed by atoms with E-state index in [2.05, 4.69) is 0 Å². The highest BCUT2D eigenvalue weighted by Gasteiger charge is 2.41. The van der Waals surface area contributed by atoms with Gasteiger partial charge < -0.3 is 19.5 Å². The van der Waals surface area contributed by atoms with Gasteiger partial charge in [-0.25, -0.2) is 4.79 Å². The Hall–Kier alpha value is -1.60. The SMILES string of the molecule is COc1ccsc1C(=O)N1CC(OC)CC1C(=O)O. The zero-order valence-corrected chi connectivity index (χ0v) is 11.5. The summed E-state index contributed by atoms with van der Waals surface area (Å²) in [5.41, 5.74) is 0. The molecular formula is C12H15NO5S. The summed E-state index contributed by atoms with van der Waals surface area (Å²) in [6, 6.07) is 0.849. The molecule has 1 amide bonds. The summed E-state index contributed by atoms with van der Waals surface area (Å²) in [5, 5.41) is 10.9. The fraction of sp³-hybridized carbons (Fsp3) is 0.500. The van der Waals surface area contributed by atoms with Gasteiger partial charge in [-0.15, -0.1) is 11.3 Å². The number of carboxylic acid groups (broad SMARTS) is 1. The zero-order valence-electron chi connectivity index (χ0n) is 10.7. The number of ether oxygens (including phenoxy) is 2. The first kappa shape index (κ1) is 13.8. The van der Waals surface area contributed by atoms with E-state index in [-0.39, 0.29) is 18.6 Å². The number of methoxy groups -OCH3 is 2. The fourth-order valence-electron chi connectivity index (χ4n) is 2.17. The molecule has 19 heavy (non-hydrogen) atoms. The highest BCUT2D eigenvalue weighted by Crippen LogP contribution is 2.30. The van der Waals surface area contributed by atoms with E-state index < -0.39 is 12.0 Å². The van der Waals surface area contributed by atoms with Crippen molar-refractivity contribution in [3.8, 4) is 5.75 Å². The van der Waals surface area contributed by atoms with E-state index in [0.29, 0.717) is 17.0 Å². The van der Waals surface area contributed by atoms with E-state index in [1.807, 2.05) is 0 Å². The third-order valence-electron chi connectivity index (χ3n) is 3.19. The third-order valence-corrected chi connectivity index (χ3v) is 4.07. The Balaban J connectivity index is 2.24. The van der Waals surface area contributed by atoms with Crippen LogP contribution in [0.2, 0.25) is 0 Å². The predicted octanol–water partition coefficient (Wildman–Crippen LogP) is 1.07. The second-order valence-electron chi connectivity index (χ2n) is 4.22. The van der Waals surface area contributed by atoms with E-state index in [0.717, 1.165) is 0 Å². The number of amides is 1. The van der Waals surface area contributed by atoms with Gasteiger partial charge in [0.2, 0.25) is 0 Å². The van der Waals surface area contributed by atoms with E-state index in [1.165, 1.54) is 30.5 Å². The standard InChI is InChI=1S/C12H15NO5S/c1-17-7-5-8(12(15)16)13(6-7)11(14)10-9(18-2)3-4-19-10/h3-4,7-8H,5-6H2,1-2H3,(H,15,16). The van der Waals surface area contributed by atoms with Gasteiger partial charge >= 0.3 is 5.97 Å². The van der Waals surface area contributed by atoms with Crippen molar-refractivity contribution >= 4 is 23.2 Å². The van der Waals surface area contributed by atoms with Gasteiger partial charge in [0.25, 0.3) is 5.91 Å². The van der Waals surface area contributed by atoms with Crippen molar-refractivity contribution in [1.29, 1.82) is 0 Å². The molecule has 0 aromatic carbocycles. The van der Waals surface area contributed by atoms with Crippen molar-refractivity contribution in [2.75, 3.05) is 20.8 Å². The van der Waals surface area contributed by atoms with Gasteiger partial charge in [0.15, 0.2) is 0 Å². The van der Waals surface area contributed by atoms with Crippen LogP contribution in [0.1, 0.15) is 16.1 Å². The molecule has 2 atom stereocenters. The maximum absolute atomic E-state index is 12.4. The van der Waals surface area contributed by atoms with Crippen LogP contribution in [-0.2, 0) is 9.53 Å². The molecule has 6 nitrogen and oxygen atoms in total. The molecule has 2 rings (SSSR count). The van der Waals surface area contributed by atoms with Crippen LogP contribution < -0.4 is 4.74 Å². The first-order chi connectivity index (χ1) is 9.08. The largest absolute Gasteiger partial charge is 0.495 e. The molecular weight excluding hydrogens is 270 g/mol. The first-order valence-corrected chi connectivity index (χ1v) is 6.64. The van der Waals surface area contributed by atoms with E-state index in [1.54, 1.807) is 11.4 Å². The minimum absolute atomic E-state index is 0.240. The van der Waals surface area contributed by atoms with Crippen LogP contribution in [0.4, 0.5) is 0 Å². The van der Waals surface area contributed by atoms with Crippen molar-refractivity contribution in [3.63, 3.8) is 0 Å². The number of hydrogen-bond donors (Lipinski definition) is 1. The van der Waals surface area contributed by atoms with Crippen LogP contribution in [0.5, 0.6) is 5.75 Å². The van der Waals surface area contributed by atoms with Crippen molar-refractivity contribution in [2.24, 2.45) is 0 Å². The summed E-state index contributed by atoms with van der Waals surface area (Å²) in [6.07, 6.45) is 0.0710. The Bertz CT molecular complexity index is 486. The number of nitrogens with zero attached hydrogens (tertiary/aromatic N) is 1. The molecule has 1 aromatic rings. The molecule has 2 unspecified atom stereocenters. The second kappa shape index (κ2) is 5.58. The van der Waals surface area contributed by atoms with E-state index >= 15 is 0 Å². The normalized spacial score (nSPS) is 22.5. The monoisotopic (exact) mass is 285 g/mol. The van der Waals surface area contributed by atoms with Gasteiger partial charge in [-0.2, -0.15) is 0 Å². The Kier molecular flexibility index (Phi) is 4.06. The Morgan fingerprint density at radius 1 is 1.47 bits per heavy atom. The smallest absolute Gasteiger partial charge is 0.326 e. The number of hydrogen-bond acceptors (Lipinski definition) is 5. The van der Waals surface area contributed by atoms with Crippen LogP contribution in [0.3, 0.4) is 0 Å². The summed E-state index contributed by atoms with van der Waals surface area (Å²) in [4.78, 5) is 25.4. The lowest BCUT2D eigenvalue weighted by Gasteiger charge is -2.20. The number of likely N-dealkylation sites (tertiary alicyclic amines) is 1. The molecule has 0 spiro atoms. The van der Waals surface area contributed by atoms with Crippen molar-refractivity contribution in [2.45, 2.75) is 18.6 Å². The number of carbonyl (C=O) groups is 2. The summed E-state index contributed by atoms with van der Waals surface area (Å²) in [6.45, 7) is 0.285. The fourth-order valence-corrected chi connectivity index (χ4v) is 2.98. The van der Waals surface area contributed by atoms with Crippen molar-refractivity contribution in [3.05, 3.63) is 16.3 Å². The van der Waals surface area contributed by atoms with Gasteiger partial charge in [-0.05, 0) is 11.4 Å². The molecule has 1 aliphatic rings. The average molecular weight is 285 g/mol. The van der Waals surface area contributed by atoms with E-state index in [4.69, 9.17) is 9.47 Å². The predicted molar refractivity (Wildman–Crippen MR) is 68.7 cm³/mol. The summed E-state index contributed by atoms with van der Waals surface area (Å²) in [7, 11) is 3.00. The molecule has 1 N–H and O–H groups in total. The molecule has 0 saturated carbocycles. The highest BCUT2D eigenvalue weighted by atomic mass is 32.1. The lowest BCUT2D eigenvalue weighted by molar-refractivity contribution is -0.141. The lowest BCUT2D eigenvalue weighted by atomic mass is 10.2. The maximum Gasteiger partial charge on any atom is 0.326 e. The molecule has 1 aliphatic heterocycles. The molecule has 0 aliphatic carbocycles. The van der Waals surface area contributed by atoms with Gasteiger partial charge in [-0.3, -0.25) is 4.79 Å². The molecule has 104 valence electrons. The molecule has 0 bridgehead atoms. The molecule has 1 aromatic heterocycles.